The fourth-order valence-corrected chi connectivity index (χ4v) is 3.47. The van der Waals surface area contributed by atoms with Crippen LogP contribution in [0, 0.1) is 0 Å². The Labute approximate surface area is 131 Å². The number of hydrogen-bond donors (Lipinski definition) is 0. The minimum Gasteiger partial charge on any atom is -0.351 e. The second-order valence-corrected chi connectivity index (χ2v) is 6.50. The molecule has 1 aromatic carbocycles. The summed E-state index contributed by atoms with van der Waals surface area (Å²) in [5, 5.41) is 1.81. The van der Waals surface area contributed by atoms with E-state index in [1.54, 1.807) is 12.1 Å². The molecule has 0 aliphatic carbocycles. The molecule has 0 N–H and O–H groups in total. The maximum absolute atomic E-state index is 11.9. The van der Waals surface area contributed by atoms with Gasteiger partial charge in [0.05, 0.1) is 15.0 Å². The highest BCUT2D eigenvalue weighted by molar-refractivity contribution is 8.18. The number of carbonyl (C=O) groups is 1. The molecule has 0 unspecified atom stereocenters. The van der Waals surface area contributed by atoms with E-state index in [4.69, 9.17) is 23.2 Å². The Hall–Kier alpha value is -0.970. The molecule has 0 saturated carbocycles. The monoisotopic (exact) mass is 326 g/mol. The molecule has 1 aromatic rings. The summed E-state index contributed by atoms with van der Waals surface area (Å²) in [4.78, 5) is 18.9. The zero-order valence-electron chi connectivity index (χ0n) is 10.6. The van der Waals surface area contributed by atoms with Gasteiger partial charge in [-0.1, -0.05) is 29.3 Å². The van der Waals surface area contributed by atoms with E-state index in [1.165, 1.54) is 24.6 Å². The first-order valence-electron chi connectivity index (χ1n) is 6.36. The van der Waals surface area contributed by atoms with Crippen molar-refractivity contribution in [2.45, 2.75) is 12.8 Å². The van der Waals surface area contributed by atoms with E-state index in [2.05, 4.69) is 9.89 Å². The molecule has 3 rings (SSSR count). The molecule has 0 atom stereocenters. The fraction of sp³-hybridized carbons (Fsp3) is 0.286. The zero-order chi connectivity index (χ0) is 14.1. The first-order chi connectivity index (χ1) is 9.63. The normalized spacial score (nSPS) is 20.9. The van der Waals surface area contributed by atoms with Gasteiger partial charge >= 0.3 is 0 Å². The van der Waals surface area contributed by atoms with Crippen molar-refractivity contribution in [2.75, 3.05) is 13.1 Å². The van der Waals surface area contributed by atoms with Crippen LogP contribution < -0.4 is 0 Å². The molecule has 0 radical (unpaired) electrons. The Kier molecular flexibility index (Phi) is 4.06. The Morgan fingerprint density at radius 3 is 2.65 bits per heavy atom. The number of amides is 1. The van der Waals surface area contributed by atoms with Crippen molar-refractivity contribution in [1.82, 2.24) is 4.90 Å². The fourth-order valence-electron chi connectivity index (χ4n) is 2.20. The van der Waals surface area contributed by atoms with Gasteiger partial charge in [0.15, 0.2) is 5.17 Å². The van der Waals surface area contributed by atoms with E-state index < -0.39 is 0 Å². The van der Waals surface area contributed by atoms with Crippen LogP contribution in [0.25, 0.3) is 6.08 Å². The Balaban J connectivity index is 1.80. The van der Waals surface area contributed by atoms with E-state index in [9.17, 15) is 4.79 Å². The molecule has 1 saturated heterocycles. The van der Waals surface area contributed by atoms with E-state index >= 15 is 0 Å². The second-order valence-electron chi connectivity index (χ2n) is 4.68. The van der Waals surface area contributed by atoms with Gasteiger partial charge in [0.1, 0.15) is 0 Å². The van der Waals surface area contributed by atoms with Gasteiger partial charge in [-0.05, 0) is 48.4 Å². The molecule has 1 amide bonds. The number of hydrogen-bond acceptors (Lipinski definition) is 3. The van der Waals surface area contributed by atoms with E-state index in [-0.39, 0.29) is 5.91 Å². The van der Waals surface area contributed by atoms with Crippen molar-refractivity contribution >= 4 is 52.1 Å². The van der Waals surface area contributed by atoms with Crippen molar-refractivity contribution in [2.24, 2.45) is 4.99 Å². The lowest BCUT2D eigenvalue weighted by molar-refractivity contribution is -0.113. The zero-order valence-corrected chi connectivity index (χ0v) is 12.9. The molecular formula is C14H12Cl2N2OS. The summed E-state index contributed by atoms with van der Waals surface area (Å²) < 4.78 is 0. The summed E-state index contributed by atoms with van der Waals surface area (Å²) in [5.41, 5.74) is 0.855. The number of amidine groups is 1. The van der Waals surface area contributed by atoms with Gasteiger partial charge in [0.2, 0.25) is 0 Å². The third-order valence-corrected chi connectivity index (χ3v) is 5.01. The number of aliphatic imine (C=N–C) groups is 1. The third kappa shape index (κ3) is 2.87. The van der Waals surface area contributed by atoms with Gasteiger partial charge in [-0.3, -0.25) is 4.79 Å². The van der Waals surface area contributed by atoms with E-state index in [0.29, 0.717) is 15.0 Å². The van der Waals surface area contributed by atoms with Crippen LogP contribution in [-0.2, 0) is 4.79 Å². The summed E-state index contributed by atoms with van der Waals surface area (Å²) in [6.07, 6.45) is 4.14. The van der Waals surface area contributed by atoms with E-state index in [1.807, 2.05) is 12.1 Å². The predicted octanol–water partition coefficient (Wildman–Crippen LogP) is 4.06. The topological polar surface area (TPSA) is 32.7 Å². The van der Waals surface area contributed by atoms with Crippen molar-refractivity contribution in [3.05, 3.63) is 38.7 Å². The van der Waals surface area contributed by atoms with Crippen LogP contribution in [0.3, 0.4) is 0 Å². The molecule has 20 heavy (non-hydrogen) atoms. The number of benzene rings is 1. The smallest absolute Gasteiger partial charge is 0.286 e. The molecular weight excluding hydrogens is 315 g/mol. The molecule has 3 nitrogen and oxygen atoms in total. The number of halogens is 2. The van der Waals surface area contributed by atoms with Crippen LogP contribution in [0.4, 0.5) is 0 Å². The molecule has 0 spiro atoms. The second kappa shape index (κ2) is 5.80. The summed E-state index contributed by atoms with van der Waals surface area (Å²) in [6.45, 7) is 1.97. The average Bonchev–Trinajstić information content (AvgIpc) is 3.04. The number of thioether (sulfide) groups is 1. The SMILES string of the molecule is O=C1N=C(N2CCCC2)SC1=Cc1ccc(Cl)c(Cl)c1. The number of likely N-dealkylation sites (tertiary alicyclic amines) is 1. The highest BCUT2D eigenvalue weighted by Crippen LogP contribution is 2.32. The van der Waals surface area contributed by atoms with Crippen molar-refractivity contribution in [1.29, 1.82) is 0 Å². The Morgan fingerprint density at radius 1 is 1.20 bits per heavy atom. The summed E-state index contributed by atoms with van der Waals surface area (Å²) in [7, 11) is 0. The number of rotatable bonds is 1. The summed E-state index contributed by atoms with van der Waals surface area (Å²) in [5.74, 6) is -0.178. The van der Waals surface area contributed by atoms with Crippen molar-refractivity contribution in [3.8, 4) is 0 Å². The summed E-state index contributed by atoms with van der Waals surface area (Å²) in [6, 6.07) is 5.31. The van der Waals surface area contributed by atoms with Crippen LogP contribution in [0.1, 0.15) is 18.4 Å². The Bertz CT molecular complexity index is 622. The molecule has 2 heterocycles. The lowest BCUT2D eigenvalue weighted by Gasteiger charge is -2.14. The Morgan fingerprint density at radius 2 is 1.95 bits per heavy atom. The maximum atomic E-state index is 11.9. The van der Waals surface area contributed by atoms with Crippen LogP contribution >= 0.6 is 35.0 Å². The molecule has 2 aliphatic heterocycles. The molecule has 104 valence electrons. The van der Waals surface area contributed by atoms with Crippen LogP contribution in [0.2, 0.25) is 10.0 Å². The minimum atomic E-state index is -0.178. The van der Waals surface area contributed by atoms with E-state index in [0.717, 1.165) is 23.8 Å². The first kappa shape index (κ1) is 14.0. The van der Waals surface area contributed by atoms with Gasteiger partial charge < -0.3 is 4.90 Å². The van der Waals surface area contributed by atoms with Crippen molar-refractivity contribution < 1.29 is 4.79 Å². The molecule has 0 bridgehead atoms. The number of carbonyl (C=O) groups excluding carboxylic acids is 1. The average molecular weight is 327 g/mol. The lowest BCUT2D eigenvalue weighted by Crippen LogP contribution is -2.23. The van der Waals surface area contributed by atoms with Crippen LogP contribution in [0.5, 0.6) is 0 Å². The van der Waals surface area contributed by atoms with Gasteiger partial charge in [-0.2, -0.15) is 4.99 Å². The van der Waals surface area contributed by atoms with Gasteiger partial charge in [0, 0.05) is 13.1 Å². The first-order valence-corrected chi connectivity index (χ1v) is 7.93. The van der Waals surface area contributed by atoms with Crippen LogP contribution in [-0.4, -0.2) is 29.1 Å². The third-order valence-electron chi connectivity index (χ3n) is 3.23. The highest BCUT2D eigenvalue weighted by Gasteiger charge is 2.27. The molecule has 0 aromatic heterocycles. The number of nitrogens with zero attached hydrogens (tertiary/aromatic N) is 2. The van der Waals surface area contributed by atoms with Crippen molar-refractivity contribution in [3.63, 3.8) is 0 Å². The molecule has 6 heteroatoms. The van der Waals surface area contributed by atoms with Gasteiger partial charge in [-0.15, -0.1) is 0 Å². The molecule has 1 fully saturated rings. The van der Waals surface area contributed by atoms with Gasteiger partial charge in [0.25, 0.3) is 5.91 Å². The summed E-state index contributed by atoms with van der Waals surface area (Å²) >= 11 is 13.3. The largest absolute Gasteiger partial charge is 0.351 e. The maximum Gasteiger partial charge on any atom is 0.286 e. The molecule has 2 aliphatic rings. The highest BCUT2D eigenvalue weighted by atomic mass is 35.5. The minimum absolute atomic E-state index is 0.178. The standard InChI is InChI=1S/C14H12Cl2N2OS/c15-10-4-3-9(7-11(10)16)8-12-13(19)17-14(20-12)18-5-1-2-6-18/h3-4,7-8H,1-2,5-6H2. The predicted molar refractivity (Wildman–Crippen MR) is 85.3 cm³/mol. The lowest BCUT2D eigenvalue weighted by atomic mass is 10.2. The van der Waals surface area contributed by atoms with Gasteiger partial charge in [-0.25, -0.2) is 0 Å². The quantitative estimate of drug-likeness (QED) is 0.729. The van der Waals surface area contributed by atoms with Crippen LogP contribution in [0.15, 0.2) is 28.1 Å².